The Kier molecular flexibility index (Phi) is 5.31. The molecule has 0 radical (unpaired) electrons. The van der Waals surface area contributed by atoms with Crippen molar-refractivity contribution in [2.45, 2.75) is 38.7 Å². The van der Waals surface area contributed by atoms with Crippen molar-refractivity contribution in [3.63, 3.8) is 0 Å². The smallest absolute Gasteiger partial charge is 0.254 e. The fraction of sp³-hybridized carbons (Fsp3) is 0.650. The highest BCUT2D eigenvalue weighted by Crippen LogP contribution is 2.61. The van der Waals surface area contributed by atoms with Crippen molar-refractivity contribution in [3.8, 4) is 5.75 Å². The number of rotatable bonds is 5. The summed E-state index contributed by atoms with van der Waals surface area (Å²) in [5.41, 5.74) is 1.10. The Labute approximate surface area is 156 Å². The van der Waals surface area contributed by atoms with E-state index in [0.717, 1.165) is 18.1 Å². The van der Waals surface area contributed by atoms with Gasteiger partial charge in [-0.25, -0.2) is 0 Å². The van der Waals surface area contributed by atoms with Crippen LogP contribution in [0, 0.1) is 11.3 Å². The van der Waals surface area contributed by atoms with E-state index in [2.05, 4.69) is 18.9 Å². The van der Waals surface area contributed by atoms with Crippen LogP contribution in [-0.4, -0.2) is 56.0 Å². The van der Waals surface area contributed by atoms with Crippen LogP contribution in [0.3, 0.4) is 0 Å². The van der Waals surface area contributed by atoms with Gasteiger partial charge in [0.05, 0.1) is 16.7 Å². The number of nitrogens with zero attached hydrogens (tertiary/aromatic N) is 2. The maximum atomic E-state index is 12.0. The normalized spacial score (nSPS) is 23.3. The summed E-state index contributed by atoms with van der Waals surface area (Å²) in [7, 11) is 5.66. The monoisotopic (exact) mass is 364 g/mol. The van der Waals surface area contributed by atoms with Crippen molar-refractivity contribution in [2.24, 2.45) is 11.3 Å². The largest absolute Gasteiger partial charge is 0.491 e. The van der Waals surface area contributed by atoms with Gasteiger partial charge in [0, 0.05) is 14.1 Å². The lowest BCUT2D eigenvalue weighted by Crippen LogP contribution is -2.32. The first-order valence-corrected chi connectivity index (χ1v) is 9.55. The Morgan fingerprint density at radius 2 is 2.08 bits per heavy atom. The number of ether oxygens (including phenoxy) is 1. The molecule has 25 heavy (non-hydrogen) atoms. The van der Waals surface area contributed by atoms with Crippen LogP contribution >= 0.6 is 11.6 Å². The fourth-order valence-electron chi connectivity index (χ4n) is 4.11. The molecule has 0 N–H and O–H groups in total. The zero-order valence-corrected chi connectivity index (χ0v) is 16.5. The summed E-state index contributed by atoms with van der Waals surface area (Å²) in [6.45, 7) is 4.58. The Bertz CT molecular complexity index is 639. The van der Waals surface area contributed by atoms with E-state index >= 15 is 0 Å². The molecule has 0 bridgehead atoms. The molecule has 1 amide bonds. The molecule has 1 saturated heterocycles. The molecule has 5 heteroatoms. The molecular weight excluding hydrogens is 336 g/mol. The molecule has 1 heterocycles. The molecule has 1 aliphatic carbocycles. The molecule has 2 atom stereocenters. The standard InChI is InChI=1S/C20H29ClN2O2/c1-14(11-15-13-20(15)7-9-23(4)10-8-20)25-16-5-6-17(18(21)12-16)19(24)22(2)3/h5-6,12,14-15H,7-11,13H2,1-4H3. The lowest BCUT2D eigenvalue weighted by Gasteiger charge is -2.30. The average Bonchev–Trinajstić information content (AvgIpc) is 3.21. The Morgan fingerprint density at radius 3 is 2.68 bits per heavy atom. The van der Waals surface area contributed by atoms with E-state index in [1.807, 2.05) is 6.07 Å². The number of halogens is 1. The van der Waals surface area contributed by atoms with Gasteiger partial charge in [0.25, 0.3) is 5.91 Å². The zero-order chi connectivity index (χ0) is 18.2. The van der Waals surface area contributed by atoms with Crippen LogP contribution in [0.15, 0.2) is 18.2 Å². The molecular formula is C20H29ClN2O2. The zero-order valence-electron chi connectivity index (χ0n) is 15.7. The average molecular weight is 365 g/mol. The molecule has 1 aromatic rings. The van der Waals surface area contributed by atoms with Gasteiger partial charge in [0.1, 0.15) is 5.75 Å². The SMILES string of the molecule is CC(CC1CC12CCN(C)CC2)Oc1ccc(C(=O)N(C)C)c(Cl)c1. The van der Waals surface area contributed by atoms with Crippen molar-refractivity contribution in [1.82, 2.24) is 9.80 Å². The Morgan fingerprint density at radius 1 is 1.40 bits per heavy atom. The van der Waals surface area contributed by atoms with E-state index in [1.54, 1.807) is 26.2 Å². The van der Waals surface area contributed by atoms with Gasteiger partial charge in [-0.3, -0.25) is 4.79 Å². The second kappa shape index (κ2) is 7.16. The van der Waals surface area contributed by atoms with Crippen molar-refractivity contribution in [3.05, 3.63) is 28.8 Å². The number of piperidine rings is 1. The van der Waals surface area contributed by atoms with Gasteiger partial charge in [-0.1, -0.05) is 11.6 Å². The van der Waals surface area contributed by atoms with Gasteiger partial charge in [-0.2, -0.15) is 0 Å². The fourth-order valence-corrected chi connectivity index (χ4v) is 4.36. The summed E-state index contributed by atoms with van der Waals surface area (Å²) in [6, 6.07) is 5.35. The van der Waals surface area contributed by atoms with Gasteiger partial charge in [-0.15, -0.1) is 0 Å². The number of benzene rings is 1. The number of amides is 1. The Balaban J connectivity index is 1.54. The van der Waals surface area contributed by atoms with Crippen molar-refractivity contribution >= 4 is 17.5 Å². The quantitative estimate of drug-likeness (QED) is 0.793. The molecule has 1 aliphatic heterocycles. The molecule has 2 unspecified atom stereocenters. The highest BCUT2D eigenvalue weighted by molar-refractivity contribution is 6.34. The van der Waals surface area contributed by atoms with Crippen LogP contribution < -0.4 is 4.74 Å². The summed E-state index contributed by atoms with van der Waals surface area (Å²) in [6.07, 6.45) is 5.27. The van der Waals surface area contributed by atoms with Crippen LogP contribution in [0.1, 0.15) is 43.0 Å². The van der Waals surface area contributed by atoms with Crippen LogP contribution in [0.4, 0.5) is 0 Å². The van der Waals surface area contributed by atoms with Crippen LogP contribution in [0.5, 0.6) is 5.75 Å². The molecule has 0 aromatic heterocycles. The van der Waals surface area contributed by atoms with Gasteiger partial charge in [0.15, 0.2) is 0 Å². The Hall–Kier alpha value is -1.26. The lowest BCUT2D eigenvalue weighted by atomic mass is 9.89. The number of likely N-dealkylation sites (tertiary alicyclic amines) is 1. The highest BCUT2D eigenvalue weighted by atomic mass is 35.5. The maximum absolute atomic E-state index is 12.0. The third-order valence-electron chi connectivity index (χ3n) is 5.87. The molecule has 1 spiro atoms. The van der Waals surface area contributed by atoms with E-state index in [4.69, 9.17) is 16.3 Å². The van der Waals surface area contributed by atoms with Crippen molar-refractivity contribution in [1.29, 1.82) is 0 Å². The summed E-state index contributed by atoms with van der Waals surface area (Å²) in [5.74, 6) is 1.44. The minimum Gasteiger partial charge on any atom is -0.491 e. The summed E-state index contributed by atoms with van der Waals surface area (Å²) in [4.78, 5) is 16.0. The van der Waals surface area contributed by atoms with Gasteiger partial charge >= 0.3 is 0 Å². The molecule has 2 fully saturated rings. The van der Waals surface area contributed by atoms with Gasteiger partial charge < -0.3 is 14.5 Å². The summed E-state index contributed by atoms with van der Waals surface area (Å²) < 4.78 is 6.08. The number of carbonyl (C=O) groups excluding carboxylic acids is 1. The summed E-state index contributed by atoms with van der Waals surface area (Å²) >= 11 is 6.27. The predicted molar refractivity (Wildman–Crippen MR) is 101 cm³/mol. The third kappa shape index (κ3) is 4.12. The first-order chi connectivity index (χ1) is 11.8. The van der Waals surface area contributed by atoms with Crippen LogP contribution in [-0.2, 0) is 0 Å². The minimum absolute atomic E-state index is 0.0909. The van der Waals surface area contributed by atoms with Gasteiger partial charge in [-0.05, 0) is 82.3 Å². The topological polar surface area (TPSA) is 32.8 Å². The lowest BCUT2D eigenvalue weighted by molar-refractivity contribution is 0.0827. The molecule has 2 aliphatic rings. The molecule has 138 valence electrons. The van der Waals surface area contributed by atoms with Gasteiger partial charge in [0.2, 0.25) is 0 Å². The van der Waals surface area contributed by atoms with Crippen LogP contribution in [0.25, 0.3) is 0 Å². The second-order valence-corrected chi connectivity index (χ2v) is 8.48. The molecule has 1 saturated carbocycles. The van der Waals surface area contributed by atoms with Crippen molar-refractivity contribution < 1.29 is 9.53 Å². The minimum atomic E-state index is -0.0909. The first kappa shape index (κ1) is 18.5. The van der Waals surface area contributed by atoms with Crippen molar-refractivity contribution in [2.75, 3.05) is 34.2 Å². The van der Waals surface area contributed by atoms with Crippen LogP contribution in [0.2, 0.25) is 5.02 Å². The number of hydrogen-bond donors (Lipinski definition) is 0. The summed E-state index contributed by atoms with van der Waals surface area (Å²) in [5, 5.41) is 0.446. The predicted octanol–water partition coefficient (Wildman–Crippen LogP) is 3.93. The van der Waals surface area contributed by atoms with E-state index in [0.29, 0.717) is 16.0 Å². The highest BCUT2D eigenvalue weighted by Gasteiger charge is 2.54. The third-order valence-corrected chi connectivity index (χ3v) is 6.19. The van der Waals surface area contributed by atoms with E-state index in [1.165, 1.54) is 37.3 Å². The maximum Gasteiger partial charge on any atom is 0.254 e. The number of carbonyl (C=O) groups is 1. The molecule has 3 rings (SSSR count). The first-order valence-electron chi connectivity index (χ1n) is 9.17. The second-order valence-electron chi connectivity index (χ2n) is 8.07. The number of hydrogen-bond acceptors (Lipinski definition) is 3. The molecule has 4 nitrogen and oxygen atoms in total. The van der Waals surface area contributed by atoms with E-state index in [9.17, 15) is 4.79 Å². The van der Waals surface area contributed by atoms with E-state index in [-0.39, 0.29) is 12.0 Å². The van der Waals surface area contributed by atoms with E-state index < -0.39 is 0 Å². The molecule has 1 aromatic carbocycles.